The van der Waals surface area contributed by atoms with Crippen molar-refractivity contribution in [2.24, 2.45) is 11.7 Å². The summed E-state index contributed by atoms with van der Waals surface area (Å²) in [5.74, 6) is 1.06. The van der Waals surface area contributed by atoms with Gasteiger partial charge in [-0.2, -0.15) is 0 Å². The molecule has 0 atom stereocenters. The number of nitrogens with zero attached hydrogens (tertiary/aromatic N) is 1. The topological polar surface area (TPSA) is 68.0 Å². The van der Waals surface area contributed by atoms with Crippen LogP contribution in [-0.2, 0) is 6.42 Å². The molecule has 0 radical (unpaired) electrons. The Kier molecular flexibility index (Phi) is 3.45. The van der Waals surface area contributed by atoms with Crippen molar-refractivity contribution in [2.75, 3.05) is 5.32 Å². The predicted octanol–water partition coefficient (Wildman–Crippen LogP) is 1.77. The molecule has 0 aliphatic heterocycles. The van der Waals surface area contributed by atoms with Gasteiger partial charge in [0, 0.05) is 5.69 Å². The molecule has 4 heteroatoms. The number of hydrogen-bond acceptors (Lipinski definition) is 2. The lowest BCUT2D eigenvalue weighted by atomic mass is 10.1. The minimum Gasteiger partial charge on any atom is -0.351 e. The number of aromatic nitrogens is 1. The van der Waals surface area contributed by atoms with Gasteiger partial charge in [-0.25, -0.2) is 9.78 Å². The molecule has 1 aromatic rings. The molecule has 0 saturated heterocycles. The van der Waals surface area contributed by atoms with Crippen LogP contribution < -0.4 is 11.1 Å². The average molecular weight is 193 g/mol. The molecular formula is C10H15N3O. The third kappa shape index (κ3) is 3.43. The van der Waals surface area contributed by atoms with Gasteiger partial charge in [-0.3, -0.25) is 5.32 Å². The van der Waals surface area contributed by atoms with Gasteiger partial charge in [0.05, 0.1) is 0 Å². The highest BCUT2D eigenvalue weighted by atomic mass is 16.2. The first kappa shape index (κ1) is 10.5. The Morgan fingerprint density at radius 1 is 1.57 bits per heavy atom. The summed E-state index contributed by atoms with van der Waals surface area (Å²) in [6.07, 6.45) is 0.897. The summed E-state index contributed by atoms with van der Waals surface area (Å²) in [7, 11) is 0. The Balaban J connectivity index is 2.73. The second kappa shape index (κ2) is 4.60. The average Bonchev–Trinajstić information content (AvgIpc) is 2.01. The van der Waals surface area contributed by atoms with Crippen LogP contribution >= 0.6 is 0 Å². The highest BCUT2D eigenvalue weighted by Gasteiger charge is 2.01. The number of nitrogens with two attached hydrogens (primary N) is 1. The zero-order chi connectivity index (χ0) is 10.6. The van der Waals surface area contributed by atoms with Gasteiger partial charge in [-0.05, 0) is 24.5 Å². The molecule has 2 amide bonds. The molecular weight excluding hydrogens is 178 g/mol. The van der Waals surface area contributed by atoms with Crippen molar-refractivity contribution in [1.82, 2.24) is 4.98 Å². The van der Waals surface area contributed by atoms with E-state index < -0.39 is 6.03 Å². The van der Waals surface area contributed by atoms with Crippen LogP contribution in [0.25, 0.3) is 0 Å². The van der Waals surface area contributed by atoms with Gasteiger partial charge >= 0.3 is 6.03 Å². The number of primary amides is 1. The van der Waals surface area contributed by atoms with E-state index in [1.165, 1.54) is 0 Å². The maximum Gasteiger partial charge on any atom is 0.317 e. The summed E-state index contributed by atoms with van der Waals surface area (Å²) in [6, 6.07) is 4.93. The Labute approximate surface area is 83.5 Å². The maximum absolute atomic E-state index is 10.6. The molecule has 0 aliphatic carbocycles. The number of anilines is 1. The van der Waals surface area contributed by atoms with Crippen LogP contribution in [0.1, 0.15) is 19.5 Å². The van der Waals surface area contributed by atoms with Gasteiger partial charge in [-0.15, -0.1) is 0 Å². The SMILES string of the molecule is CC(C)Cc1cccc(NC(N)=O)n1. The molecule has 4 nitrogen and oxygen atoms in total. The first-order valence-corrected chi connectivity index (χ1v) is 4.60. The largest absolute Gasteiger partial charge is 0.351 e. The van der Waals surface area contributed by atoms with E-state index in [1.54, 1.807) is 6.07 Å². The Hall–Kier alpha value is -1.58. The maximum atomic E-state index is 10.6. The summed E-state index contributed by atoms with van der Waals surface area (Å²) >= 11 is 0. The zero-order valence-electron chi connectivity index (χ0n) is 8.45. The van der Waals surface area contributed by atoms with Crippen LogP contribution in [0, 0.1) is 5.92 Å². The van der Waals surface area contributed by atoms with Gasteiger partial charge in [0.25, 0.3) is 0 Å². The van der Waals surface area contributed by atoms with Gasteiger partial charge in [0.1, 0.15) is 5.82 Å². The van der Waals surface area contributed by atoms with E-state index in [1.807, 2.05) is 12.1 Å². The van der Waals surface area contributed by atoms with Crippen LogP contribution in [-0.4, -0.2) is 11.0 Å². The van der Waals surface area contributed by atoms with Crippen molar-refractivity contribution in [3.8, 4) is 0 Å². The molecule has 0 bridgehead atoms. The van der Waals surface area contributed by atoms with Crippen LogP contribution in [0.5, 0.6) is 0 Å². The minimum absolute atomic E-state index is 0.510. The number of hydrogen-bond donors (Lipinski definition) is 2. The van der Waals surface area contributed by atoms with Crippen LogP contribution in [0.15, 0.2) is 18.2 Å². The van der Waals surface area contributed by atoms with E-state index in [2.05, 4.69) is 24.1 Å². The smallest absolute Gasteiger partial charge is 0.317 e. The fourth-order valence-corrected chi connectivity index (χ4v) is 1.21. The third-order valence-corrected chi connectivity index (χ3v) is 1.68. The number of nitrogens with one attached hydrogen (secondary N) is 1. The van der Waals surface area contributed by atoms with E-state index >= 15 is 0 Å². The highest BCUT2D eigenvalue weighted by molar-refractivity contribution is 5.86. The number of amides is 2. The number of rotatable bonds is 3. The third-order valence-electron chi connectivity index (χ3n) is 1.68. The number of pyridine rings is 1. The van der Waals surface area contributed by atoms with Crippen molar-refractivity contribution in [3.63, 3.8) is 0 Å². The summed E-state index contributed by atoms with van der Waals surface area (Å²) < 4.78 is 0. The van der Waals surface area contributed by atoms with E-state index in [9.17, 15) is 4.79 Å². The number of urea groups is 1. The number of carbonyl (C=O) groups excluding carboxylic acids is 1. The van der Waals surface area contributed by atoms with E-state index in [-0.39, 0.29) is 0 Å². The highest BCUT2D eigenvalue weighted by Crippen LogP contribution is 2.08. The molecule has 14 heavy (non-hydrogen) atoms. The Bertz CT molecular complexity index is 323. The lowest BCUT2D eigenvalue weighted by molar-refractivity contribution is 0.259. The minimum atomic E-state index is -0.584. The predicted molar refractivity (Wildman–Crippen MR) is 56.0 cm³/mol. The van der Waals surface area contributed by atoms with E-state index in [0.29, 0.717) is 11.7 Å². The van der Waals surface area contributed by atoms with Crippen LogP contribution in [0.2, 0.25) is 0 Å². The van der Waals surface area contributed by atoms with Crippen LogP contribution in [0.4, 0.5) is 10.6 Å². The normalized spacial score (nSPS) is 10.2. The fraction of sp³-hybridized carbons (Fsp3) is 0.400. The molecule has 0 saturated carbocycles. The van der Waals surface area contributed by atoms with Crippen molar-refractivity contribution in [3.05, 3.63) is 23.9 Å². The van der Waals surface area contributed by atoms with Gasteiger partial charge in [0.2, 0.25) is 0 Å². The van der Waals surface area contributed by atoms with E-state index in [0.717, 1.165) is 12.1 Å². The summed E-state index contributed by atoms with van der Waals surface area (Å²) in [5.41, 5.74) is 5.95. The molecule has 1 rings (SSSR count). The first-order valence-electron chi connectivity index (χ1n) is 4.60. The molecule has 0 fully saturated rings. The van der Waals surface area contributed by atoms with Gasteiger partial charge < -0.3 is 5.73 Å². The van der Waals surface area contributed by atoms with E-state index in [4.69, 9.17) is 5.73 Å². The first-order chi connectivity index (χ1) is 6.58. The molecule has 0 spiro atoms. The van der Waals surface area contributed by atoms with Crippen molar-refractivity contribution in [1.29, 1.82) is 0 Å². The molecule has 0 unspecified atom stereocenters. The molecule has 1 aromatic heterocycles. The molecule has 0 aromatic carbocycles. The van der Waals surface area contributed by atoms with Gasteiger partial charge in [-0.1, -0.05) is 19.9 Å². The monoisotopic (exact) mass is 193 g/mol. The zero-order valence-corrected chi connectivity index (χ0v) is 8.45. The fourth-order valence-electron chi connectivity index (χ4n) is 1.21. The molecule has 3 N–H and O–H groups in total. The van der Waals surface area contributed by atoms with Crippen molar-refractivity contribution >= 4 is 11.8 Å². The standard InChI is InChI=1S/C10H15N3O/c1-7(2)6-8-4-3-5-9(12-8)13-10(11)14/h3-5,7H,6H2,1-2H3,(H3,11,12,13,14). The van der Waals surface area contributed by atoms with Crippen LogP contribution in [0.3, 0.4) is 0 Å². The Morgan fingerprint density at radius 2 is 2.29 bits per heavy atom. The Morgan fingerprint density at radius 3 is 2.86 bits per heavy atom. The van der Waals surface area contributed by atoms with Crippen molar-refractivity contribution in [2.45, 2.75) is 20.3 Å². The summed E-state index contributed by atoms with van der Waals surface area (Å²) in [4.78, 5) is 14.8. The lowest BCUT2D eigenvalue weighted by Gasteiger charge is -2.06. The second-order valence-corrected chi connectivity index (χ2v) is 3.60. The van der Waals surface area contributed by atoms with Gasteiger partial charge in [0.15, 0.2) is 0 Å². The molecule has 1 heterocycles. The quantitative estimate of drug-likeness (QED) is 0.768. The summed E-state index contributed by atoms with van der Waals surface area (Å²) in [6.45, 7) is 4.24. The summed E-state index contributed by atoms with van der Waals surface area (Å²) in [5, 5.41) is 2.45. The molecule has 76 valence electrons. The second-order valence-electron chi connectivity index (χ2n) is 3.60. The molecule has 0 aliphatic rings. The number of carbonyl (C=O) groups is 1. The lowest BCUT2D eigenvalue weighted by Crippen LogP contribution is -2.20. The van der Waals surface area contributed by atoms with Crippen molar-refractivity contribution < 1.29 is 4.79 Å².